The summed E-state index contributed by atoms with van der Waals surface area (Å²) in [5.41, 5.74) is 5.39. The van der Waals surface area contributed by atoms with E-state index in [2.05, 4.69) is 10.4 Å². The topological polar surface area (TPSA) is 116 Å². The lowest BCUT2D eigenvalue weighted by Crippen LogP contribution is -2.48. The van der Waals surface area contributed by atoms with E-state index in [0.717, 1.165) is 0 Å². The molecule has 0 aliphatic heterocycles. The van der Waals surface area contributed by atoms with Crippen LogP contribution in [0.2, 0.25) is 0 Å². The van der Waals surface area contributed by atoms with Crippen LogP contribution in [0.3, 0.4) is 0 Å². The third kappa shape index (κ3) is 3.29. The van der Waals surface area contributed by atoms with Crippen molar-refractivity contribution in [2.75, 3.05) is 6.54 Å². The first-order valence-electron chi connectivity index (χ1n) is 6.66. The Morgan fingerprint density at radius 3 is 2.73 bits per heavy atom. The number of amides is 1. The number of hydrogen-bond acceptors (Lipinski definition) is 5. The van der Waals surface area contributed by atoms with Gasteiger partial charge in [0.1, 0.15) is 5.69 Å². The Hall–Kier alpha value is -2.74. The summed E-state index contributed by atoms with van der Waals surface area (Å²) in [5, 5.41) is 17.9. The average molecular weight is 303 g/mol. The smallest absolute Gasteiger partial charge is 0.294 e. The number of nitrogens with one attached hydrogen (secondary N) is 1. The van der Waals surface area contributed by atoms with E-state index in [0.29, 0.717) is 5.69 Å². The number of carbonyl (C=O) groups excluding carboxylic acids is 1. The van der Waals surface area contributed by atoms with Gasteiger partial charge in [0.25, 0.3) is 11.6 Å². The number of nitrogens with zero attached hydrogens (tertiary/aromatic N) is 3. The highest BCUT2D eigenvalue weighted by atomic mass is 16.6. The normalized spacial score (nSPS) is 11.2. The molecule has 0 saturated heterocycles. The summed E-state index contributed by atoms with van der Waals surface area (Å²) in [5.74, 6) is -0.382. The summed E-state index contributed by atoms with van der Waals surface area (Å²) in [4.78, 5) is 22.6. The van der Waals surface area contributed by atoms with Crippen molar-refractivity contribution < 1.29 is 9.72 Å². The zero-order valence-corrected chi connectivity index (χ0v) is 12.3. The molecule has 1 aromatic carbocycles. The van der Waals surface area contributed by atoms with Gasteiger partial charge in [0.15, 0.2) is 5.69 Å². The quantitative estimate of drug-likeness (QED) is 0.637. The second-order valence-corrected chi connectivity index (χ2v) is 5.43. The van der Waals surface area contributed by atoms with Gasteiger partial charge in [-0.2, -0.15) is 5.10 Å². The Morgan fingerprint density at radius 1 is 1.41 bits per heavy atom. The number of para-hydroxylation sites is 2. The van der Waals surface area contributed by atoms with Gasteiger partial charge in [0, 0.05) is 24.3 Å². The maximum atomic E-state index is 12.1. The van der Waals surface area contributed by atoms with Crippen molar-refractivity contribution in [2.45, 2.75) is 19.4 Å². The Labute approximate surface area is 127 Å². The van der Waals surface area contributed by atoms with Crippen LogP contribution in [0.5, 0.6) is 0 Å². The molecule has 0 aliphatic rings. The van der Waals surface area contributed by atoms with Gasteiger partial charge in [-0.15, -0.1) is 0 Å². The minimum atomic E-state index is -0.556. The maximum Gasteiger partial charge on any atom is 0.294 e. The van der Waals surface area contributed by atoms with Crippen LogP contribution in [0.1, 0.15) is 24.3 Å². The number of hydrogen-bond donors (Lipinski definition) is 2. The standard InChI is InChI=1S/C14H17N5O3/c1-14(2,9-15)16-13(20)10-7-8-18(17-10)11-5-3-4-6-12(11)19(21)22/h3-8H,9,15H2,1-2H3,(H,16,20). The first-order valence-corrected chi connectivity index (χ1v) is 6.66. The van der Waals surface area contributed by atoms with E-state index in [-0.39, 0.29) is 23.8 Å². The summed E-state index contributed by atoms with van der Waals surface area (Å²) >= 11 is 0. The predicted octanol–water partition coefficient (Wildman–Crippen LogP) is 1.25. The van der Waals surface area contributed by atoms with Gasteiger partial charge < -0.3 is 11.1 Å². The second kappa shape index (κ2) is 5.94. The fraction of sp³-hybridized carbons (Fsp3) is 0.286. The van der Waals surface area contributed by atoms with E-state index in [1.165, 1.54) is 23.0 Å². The lowest BCUT2D eigenvalue weighted by atomic mass is 10.1. The highest BCUT2D eigenvalue weighted by Crippen LogP contribution is 2.21. The molecule has 22 heavy (non-hydrogen) atoms. The number of rotatable bonds is 5. The molecule has 0 bridgehead atoms. The van der Waals surface area contributed by atoms with E-state index in [4.69, 9.17) is 5.73 Å². The zero-order valence-electron chi connectivity index (χ0n) is 12.3. The number of nitro groups is 1. The molecule has 1 amide bonds. The Balaban J connectivity index is 2.29. The van der Waals surface area contributed by atoms with Crippen LogP contribution in [-0.2, 0) is 0 Å². The second-order valence-electron chi connectivity index (χ2n) is 5.43. The van der Waals surface area contributed by atoms with Crippen LogP contribution in [0.4, 0.5) is 5.69 Å². The SMILES string of the molecule is CC(C)(CN)NC(=O)c1ccn(-c2ccccc2[N+](=O)[O-])n1. The lowest BCUT2D eigenvalue weighted by Gasteiger charge is -2.23. The van der Waals surface area contributed by atoms with E-state index < -0.39 is 10.5 Å². The molecule has 0 radical (unpaired) electrons. The monoisotopic (exact) mass is 303 g/mol. The fourth-order valence-corrected chi connectivity index (χ4v) is 1.81. The van der Waals surface area contributed by atoms with Crippen LogP contribution in [0.15, 0.2) is 36.5 Å². The van der Waals surface area contributed by atoms with E-state index in [9.17, 15) is 14.9 Å². The summed E-state index contributed by atoms with van der Waals surface area (Å²) in [6, 6.07) is 7.69. The Kier molecular flexibility index (Phi) is 4.22. The van der Waals surface area contributed by atoms with Crippen molar-refractivity contribution >= 4 is 11.6 Å². The summed E-state index contributed by atoms with van der Waals surface area (Å²) in [6.07, 6.45) is 1.51. The van der Waals surface area contributed by atoms with Gasteiger partial charge >= 0.3 is 0 Å². The Bertz CT molecular complexity index is 708. The molecule has 1 aromatic heterocycles. The van der Waals surface area contributed by atoms with Gasteiger partial charge in [0.2, 0.25) is 0 Å². The van der Waals surface area contributed by atoms with Gasteiger partial charge in [0.05, 0.1) is 4.92 Å². The molecule has 0 atom stereocenters. The first kappa shape index (κ1) is 15.6. The van der Waals surface area contributed by atoms with Gasteiger partial charge in [-0.3, -0.25) is 14.9 Å². The third-order valence-electron chi connectivity index (χ3n) is 3.11. The van der Waals surface area contributed by atoms with Gasteiger partial charge in [-0.25, -0.2) is 4.68 Å². The number of benzene rings is 1. The molecule has 1 heterocycles. The van der Waals surface area contributed by atoms with E-state index in [1.807, 2.05) is 0 Å². The maximum absolute atomic E-state index is 12.1. The zero-order chi connectivity index (χ0) is 16.3. The number of nitro benzene ring substituents is 1. The van der Waals surface area contributed by atoms with Gasteiger partial charge in [-0.1, -0.05) is 12.1 Å². The van der Waals surface area contributed by atoms with Crippen molar-refractivity contribution in [1.82, 2.24) is 15.1 Å². The molecule has 8 heteroatoms. The van der Waals surface area contributed by atoms with E-state index in [1.54, 1.807) is 32.0 Å². The molecule has 0 fully saturated rings. The number of nitrogens with two attached hydrogens (primary N) is 1. The molecule has 116 valence electrons. The van der Waals surface area contributed by atoms with Crippen molar-refractivity contribution in [3.05, 3.63) is 52.3 Å². The first-order chi connectivity index (χ1) is 10.3. The number of aromatic nitrogens is 2. The predicted molar refractivity (Wildman–Crippen MR) is 80.8 cm³/mol. The molecule has 0 saturated carbocycles. The third-order valence-corrected chi connectivity index (χ3v) is 3.11. The molecule has 2 rings (SSSR count). The van der Waals surface area contributed by atoms with Crippen LogP contribution < -0.4 is 11.1 Å². The van der Waals surface area contributed by atoms with Crippen molar-refractivity contribution in [1.29, 1.82) is 0 Å². The van der Waals surface area contributed by atoms with Crippen molar-refractivity contribution in [3.63, 3.8) is 0 Å². The van der Waals surface area contributed by atoms with Gasteiger partial charge in [-0.05, 0) is 26.0 Å². The molecule has 3 N–H and O–H groups in total. The van der Waals surface area contributed by atoms with Crippen molar-refractivity contribution in [3.8, 4) is 5.69 Å². The van der Waals surface area contributed by atoms with Crippen LogP contribution in [0.25, 0.3) is 5.69 Å². The van der Waals surface area contributed by atoms with E-state index >= 15 is 0 Å². The fourth-order valence-electron chi connectivity index (χ4n) is 1.81. The molecule has 0 unspecified atom stereocenters. The molecular weight excluding hydrogens is 286 g/mol. The highest BCUT2D eigenvalue weighted by Gasteiger charge is 2.22. The van der Waals surface area contributed by atoms with Crippen molar-refractivity contribution in [2.24, 2.45) is 5.73 Å². The Morgan fingerprint density at radius 2 is 2.09 bits per heavy atom. The largest absolute Gasteiger partial charge is 0.344 e. The molecule has 0 aliphatic carbocycles. The lowest BCUT2D eigenvalue weighted by molar-refractivity contribution is -0.384. The highest BCUT2D eigenvalue weighted by molar-refractivity contribution is 5.92. The summed E-state index contributed by atoms with van der Waals surface area (Å²) in [7, 11) is 0. The minimum Gasteiger partial charge on any atom is -0.344 e. The van der Waals surface area contributed by atoms with Crippen LogP contribution in [-0.4, -0.2) is 32.7 Å². The minimum absolute atomic E-state index is 0.0835. The average Bonchev–Trinajstić information content (AvgIpc) is 2.96. The van der Waals surface area contributed by atoms with Crippen LogP contribution >= 0.6 is 0 Å². The summed E-state index contributed by atoms with van der Waals surface area (Å²) < 4.78 is 1.31. The molecule has 0 spiro atoms. The summed E-state index contributed by atoms with van der Waals surface area (Å²) in [6.45, 7) is 3.87. The number of carbonyl (C=O) groups is 1. The molecule has 8 nitrogen and oxygen atoms in total. The molecule has 2 aromatic rings. The molecular formula is C14H17N5O3. The van der Waals surface area contributed by atoms with Crippen LogP contribution in [0, 0.1) is 10.1 Å².